The van der Waals surface area contributed by atoms with Crippen molar-refractivity contribution in [3.05, 3.63) is 23.2 Å². The van der Waals surface area contributed by atoms with Gasteiger partial charge in [-0.25, -0.2) is 4.98 Å². The summed E-state index contributed by atoms with van der Waals surface area (Å²) in [6, 6.07) is 7.00. The first-order valence-electron chi connectivity index (χ1n) is 11.2. The highest BCUT2D eigenvalue weighted by Gasteiger charge is 2.36. The van der Waals surface area contributed by atoms with E-state index in [9.17, 15) is 4.79 Å². The first-order valence-corrected chi connectivity index (χ1v) is 12.0. The van der Waals surface area contributed by atoms with Crippen LogP contribution in [-0.2, 0) is 4.79 Å². The first-order chi connectivity index (χ1) is 13.8. The second-order valence-electron chi connectivity index (χ2n) is 8.98. The number of piperidine rings is 1. The van der Waals surface area contributed by atoms with Crippen LogP contribution >= 0.6 is 11.3 Å². The van der Waals surface area contributed by atoms with Crippen LogP contribution in [0, 0.1) is 5.92 Å². The highest BCUT2D eigenvalue weighted by molar-refractivity contribution is 7.18. The Labute approximate surface area is 171 Å². The fraction of sp³-hybridized carbons (Fsp3) is 0.652. The van der Waals surface area contributed by atoms with Crippen LogP contribution in [0.15, 0.2) is 18.2 Å². The van der Waals surface area contributed by atoms with E-state index in [4.69, 9.17) is 4.98 Å². The molecule has 0 radical (unpaired) electrons. The number of aromatic nitrogens is 1. The zero-order valence-corrected chi connectivity index (χ0v) is 17.5. The van der Waals surface area contributed by atoms with E-state index in [0.717, 1.165) is 30.1 Å². The molecule has 1 aliphatic heterocycles. The van der Waals surface area contributed by atoms with Crippen LogP contribution in [0.3, 0.4) is 0 Å². The van der Waals surface area contributed by atoms with Gasteiger partial charge in [0.05, 0.1) is 15.2 Å². The van der Waals surface area contributed by atoms with E-state index in [2.05, 4.69) is 22.3 Å². The molecule has 5 heteroatoms. The lowest BCUT2D eigenvalue weighted by atomic mass is 9.79. The quantitative estimate of drug-likeness (QED) is 0.736. The monoisotopic (exact) mass is 397 g/mol. The van der Waals surface area contributed by atoms with Gasteiger partial charge in [0.25, 0.3) is 0 Å². The third-order valence-electron chi connectivity index (χ3n) is 7.02. The van der Waals surface area contributed by atoms with Gasteiger partial charge in [0.15, 0.2) is 0 Å². The number of hydrogen-bond acceptors (Lipinski definition) is 4. The number of amides is 1. The predicted octanol–water partition coefficient (Wildman–Crippen LogP) is 5.55. The van der Waals surface area contributed by atoms with Gasteiger partial charge in [0, 0.05) is 23.6 Å². The van der Waals surface area contributed by atoms with E-state index >= 15 is 0 Å². The molecule has 28 heavy (non-hydrogen) atoms. The van der Waals surface area contributed by atoms with Crippen molar-refractivity contribution < 1.29 is 4.79 Å². The largest absolute Gasteiger partial charge is 0.326 e. The van der Waals surface area contributed by atoms with E-state index in [1.165, 1.54) is 74.2 Å². The molecule has 1 aromatic carbocycles. The SMILES string of the molecule is O=C(Nc1ccc2nc([C@H]3C[C@H](N4CCCCC4)C3)sc2c1)C1CCCCC1. The van der Waals surface area contributed by atoms with E-state index in [-0.39, 0.29) is 11.8 Å². The molecule has 150 valence electrons. The lowest BCUT2D eigenvalue weighted by Gasteiger charge is -2.43. The molecule has 3 fully saturated rings. The molecule has 1 aromatic heterocycles. The van der Waals surface area contributed by atoms with Crippen LogP contribution in [0.4, 0.5) is 5.69 Å². The van der Waals surface area contributed by atoms with Crippen LogP contribution < -0.4 is 5.32 Å². The fourth-order valence-electron chi connectivity index (χ4n) is 5.18. The van der Waals surface area contributed by atoms with Gasteiger partial charge in [-0.05, 0) is 69.8 Å². The molecule has 0 unspecified atom stereocenters. The third kappa shape index (κ3) is 3.84. The number of fused-ring (bicyclic) bond motifs is 1. The molecule has 4 nitrogen and oxygen atoms in total. The van der Waals surface area contributed by atoms with Crippen molar-refractivity contribution in [1.29, 1.82) is 0 Å². The molecular weight excluding hydrogens is 366 g/mol. The van der Waals surface area contributed by atoms with Gasteiger partial charge in [-0.3, -0.25) is 4.79 Å². The molecular formula is C23H31N3OS. The number of rotatable bonds is 4. The summed E-state index contributed by atoms with van der Waals surface area (Å²) in [6.07, 6.45) is 12.4. The summed E-state index contributed by atoms with van der Waals surface area (Å²) in [4.78, 5) is 20.1. The van der Waals surface area contributed by atoms with Crippen LogP contribution in [0.5, 0.6) is 0 Å². The Bertz CT molecular complexity index is 829. The number of nitrogens with zero attached hydrogens (tertiary/aromatic N) is 2. The second-order valence-corrected chi connectivity index (χ2v) is 10.0. The van der Waals surface area contributed by atoms with Gasteiger partial charge in [-0.15, -0.1) is 11.3 Å². The van der Waals surface area contributed by atoms with Gasteiger partial charge in [-0.2, -0.15) is 0 Å². The smallest absolute Gasteiger partial charge is 0.227 e. The third-order valence-corrected chi connectivity index (χ3v) is 8.20. The molecule has 0 spiro atoms. The zero-order chi connectivity index (χ0) is 18.9. The average molecular weight is 398 g/mol. The van der Waals surface area contributed by atoms with Crippen molar-refractivity contribution >= 4 is 33.1 Å². The maximum Gasteiger partial charge on any atom is 0.227 e. The number of benzene rings is 1. The minimum absolute atomic E-state index is 0.197. The molecule has 2 aliphatic carbocycles. The van der Waals surface area contributed by atoms with E-state index < -0.39 is 0 Å². The normalized spacial score (nSPS) is 26.9. The maximum absolute atomic E-state index is 12.5. The number of anilines is 1. The molecule has 2 saturated carbocycles. The maximum atomic E-state index is 12.5. The Kier molecular flexibility index (Phi) is 5.38. The van der Waals surface area contributed by atoms with Crippen molar-refractivity contribution in [3.63, 3.8) is 0 Å². The summed E-state index contributed by atoms with van der Waals surface area (Å²) in [6.45, 7) is 2.59. The summed E-state index contributed by atoms with van der Waals surface area (Å²) >= 11 is 1.83. The molecule has 0 atom stereocenters. The highest BCUT2D eigenvalue weighted by atomic mass is 32.1. The van der Waals surface area contributed by atoms with E-state index in [1.807, 2.05) is 17.4 Å². The Morgan fingerprint density at radius 2 is 1.79 bits per heavy atom. The van der Waals surface area contributed by atoms with Gasteiger partial charge in [-0.1, -0.05) is 25.7 Å². The molecule has 2 aromatic rings. The highest BCUT2D eigenvalue weighted by Crippen LogP contribution is 2.43. The number of likely N-dealkylation sites (tertiary alicyclic amines) is 1. The Hall–Kier alpha value is -1.46. The van der Waals surface area contributed by atoms with Crippen molar-refractivity contribution in [2.75, 3.05) is 18.4 Å². The van der Waals surface area contributed by atoms with Crippen molar-refractivity contribution in [2.45, 2.75) is 76.2 Å². The van der Waals surface area contributed by atoms with Crippen molar-refractivity contribution in [1.82, 2.24) is 9.88 Å². The standard InChI is InChI=1S/C23H31N3OS/c27-22(16-7-3-1-4-8-16)24-18-9-10-20-21(15-18)28-23(25-20)17-13-19(14-17)26-11-5-2-6-12-26/h9-10,15-17,19H,1-8,11-14H2,(H,24,27)/t17-,19-. The Morgan fingerprint density at radius 3 is 2.57 bits per heavy atom. The second kappa shape index (κ2) is 8.11. The van der Waals surface area contributed by atoms with Crippen LogP contribution in [0.2, 0.25) is 0 Å². The van der Waals surface area contributed by atoms with E-state index in [1.54, 1.807) is 0 Å². The van der Waals surface area contributed by atoms with Gasteiger partial charge in [0.2, 0.25) is 5.91 Å². The number of thiazole rings is 1. The van der Waals surface area contributed by atoms with Crippen LogP contribution in [-0.4, -0.2) is 34.9 Å². The molecule has 1 saturated heterocycles. The topological polar surface area (TPSA) is 45.2 Å². The number of carbonyl (C=O) groups excluding carboxylic acids is 1. The van der Waals surface area contributed by atoms with Gasteiger partial charge >= 0.3 is 0 Å². The molecule has 5 rings (SSSR count). The summed E-state index contributed by atoms with van der Waals surface area (Å²) in [7, 11) is 0. The van der Waals surface area contributed by atoms with Gasteiger partial charge < -0.3 is 10.2 Å². The van der Waals surface area contributed by atoms with Crippen LogP contribution in [0.25, 0.3) is 10.2 Å². The fourth-order valence-corrected chi connectivity index (χ4v) is 6.31. The predicted molar refractivity (Wildman–Crippen MR) is 116 cm³/mol. The first kappa shape index (κ1) is 18.6. The van der Waals surface area contributed by atoms with Crippen LogP contribution in [0.1, 0.15) is 75.1 Å². The summed E-state index contributed by atoms with van der Waals surface area (Å²) in [5, 5.41) is 4.44. The Morgan fingerprint density at radius 1 is 1.04 bits per heavy atom. The Balaban J connectivity index is 1.22. The molecule has 1 N–H and O–H groups in total. The molecule has 3 aliphatic rings. The number of hydrogen-bond donors (Lipinski definition) is 1. The molecule has 0 bridgehead atoms. The minimum Gasteiger partial charge on any atom is -0.326 e. The number of carbonyl (C=O) groups is 1. The van der Waals surface area contributed by atoms with Crippen molar-refractivity contribution in [2.24, 2.45) is 5.92 Å². The average Bonchev–Trinajstić information content (AvgIpc) is 3.11. The molecule has 2 heterocycles. The minimum atomic E-state index is 0.197. The number of nitrogens with one attached hydrogen (secondary N) is 1. The zero-order valence-electron chi connectivity index (χ0n) is 16.7. The van der Waals surface area contributed by atoms with Crippen molar-refractivity contribution in [3.8, 4) is 0 Å². The lowest BCUT2D eigenvalue weighted by Crippen LogP contribution is -2.46. The van der Waals surface area contributed by atoms with E-state index in [0.29, 0.717) is 5.92 Å². The summed E-state index contributed by atoms with van der Waals surface area (Å²) in [5.74, 6) is 1.03. The summed E-state index contributed by atoms with van der Waals surface area (Å²) < 4.78 is 1.21. The lowest BCUT2D eigenvalue weighted by molar-refractivity contribution is -0.120. The summed E-state index contributed by atoms with van der Waals surface area (Å²) in [5.41, 5.74) is 2.01. The molecule has 1 amide bonds. The van der Waals surface area contributed by atoms with Gasteiger partial charge in [0.1, 0.15) is 0 Å².